The van der Waals surface area contributed by atoms with Gasteiger partial charge in [-0.05, 0) is 24.8 Å². The zero-order chi connectivity index (χ0) is 14.5. The van der Waals surface area contributed by atoms with E-state index in [2.05, 4.69) is 25.7 Å². The lowest BCUT2D eigenvalue weighted by molar-refractivity contribution is 0.0217. The molecule has 0 amide bonds. The van der Waals surface area contributed by atoms with Crippen LogP contribution >= 0.6 is 0 Å². The first-order valence-corrected chi connectivity index (χ1v) is 9.18. The summed E-state index contributed by atoms with van der Waals surface area (Å²) in [5.41, 5.74) is 0. The second kappa shape index (κ2) is 7.60. The Hall–Kier alpha value is -0.130. The van der Waals surface area contributed by atoms with Crippen LogP contribution in [0.1, 0.15) is 46.5 Å². The maximum atomic E-state index is 10.9. The third kappa shape index (κ3) is 7.90. The summed E-state index contributed by atoms with van der Waals surface area (Å²) in [6.45, 7) is 9.42. The number of hydrogen-bond donors (Lipinski definition) is 0. The average molecular weight is 291 g/mol. The van der Waals surface area contributed by atoms with Crippen LogP contribution in [0.5, 0.6) is 0 Å². The molecule has 0 aliphatic carbocycles. The highest BCUT2D eigenvalue weighted by atomic mass is 32.2. The zero-order valence-electron chi connectivity index (χ0n) is 12.8. The van der Waals surface area contributed by atoms with Crippen molar-refractivity contribution in [3.63, 3.8) is 0 Å². The number of hydrogen-bond acceptors (Lipinski definition) is 4. The third-order valence-corrected chi connectivity index (χ3v) is 4.27. The van der Waals surface area contributed by atoms with Gasteiger partial charge in [-0.2, -0.15) is 8.42 Å². The first-order chi connectivity index (χ1) is 8.76. The zero-order valence-corrected chi connectivity index (χ0v) is 13.6. The summed E-state index contributed by atoms with van der Waals surface area (Å²) in [6, 6.07) is 0. The Morgan fingerprint density at radius 1 is 1.16 bits per heavy atom. The quantitative estimate of drug-likeness (QED) is 0.612. The molecule has 1 atom stereocenters. The first-order valence-electron chi connectivity index (χ1n) is 7.37. The molecule has 1 saturated heterocycles. The Morgan fingerprint density at radius 3 is 2.32 bits per heavy atom. The maximum Gasteiger partial charge on any atom is 0.264 e. The lowest BCUT2D eigenvalue weighted by Crippen LogP contribution is -2.53. The van der Waals surface area contributed by atoms with Crippen molar-refractivity contribution in [3.8, 4) is 0 Å². The third-order valence-electron chi connectivity index (χ3n) is 3.65. The minimum atomic E-state index is -3.29. The molecule has 0 spiro atoms. The number of likely N-dealkylation sites (tertiary alicyclic amines) is 1. The van der Waals surface area contributed by atoms with Gasteiger partial charge in [0.25, 0.3) is 10.1 Å². The van der Waals surface area contributed by atoms with Crippen molar-refractivity contribution in [2.45, 2.75) is 52.6 Å². The van der Waals surface area contributed by atoms with E-state index >= 15 is 0 Å². The van der Waals surface area contributed by atoms with Gasteiger partial charge in [0.1, 0.15) is 6.10 Å². The molecule has 0 N–H and O–H groups in total. The van der Waals surface area contributed by atoms with Crippen LogP contribution in [0, 0.1) is 11.8 Å². The minimum absolute atomic E-state index is 0.119. The Labute approximate surface area is 118 Å². The minimum Gasteiger partial charge on any atom is -0.298 e. The van der Waals surface area contributed by atoms with E-state index in [0.717, 1.165) is 37.7 Å². The molecule has 1 aliphatic heterocycles. The van der Waals surface area contributed by atoms with E-state index in [4.69, 9.17) is 4.18 Å². The van der Waals surface area contributed by atoms with Gasteiger partial charge in [-0.1, -0.05) is 40.0 Å². The van der Waals surface area contributed by atoms with Crippen LogP contribution < -0.4 is 0 Å². The summed E-state index contributed by atoms with van der Waals surface area (Å²) in [5.74, 6) is 1.56. The van der Waals surface area contributed by atoms with Crippen molar-refractivity contribution in [1.29, 1.82) is 0 Å². The molecule has 114 valence electrons. The lowest BCUT2D eigenvalue weighted by Gasteiger charge is -2.38. The van der Waals surface area contributed by atoms with Crippen molar-refractivity contribution in [2.24, 2.45) is 11.8 Å². The normalized spacial score (nSPS) is 19.6. The van der Waals surface area contributed by atoms with E-state index in [1.165, 1.54) is 25.7 Å². The van der Waals surface area contributed by atoms with E-state index in [9.17, 15) is 8.42 Å². The van der Waals surface area contributed by atoms with E-state index in [-0.39, 0.29) is 6.10 Å². The molecule has 0 aromatic carbocycles. The fraction of sp³-hybridized carbons (Fsp3) is 1.00. The molecule has 0 saturated carbocycles. The molecule has 1 heterocycles. The van der Waals surface area contributed by atoms with E-state index in [0.29, 0.717) is 0 Å². The van der Waals surface area contributed by atoms with Crippen LogP contribution in [0.4, 0.5) is 0 Å². The van der Waals surface area contributed by atoms with Gasteiger partial charge in [0.2, 0.25) is 0 Å². The molecule has 1 fully saturated rings. The smallest absolute Gasteiger partial charge is 0.264 e. The molecule has 0 aromatic rings. The summed E-state index contributed by atoms with van der Waals surface area (Å²) < 4.78 is 26.8. The SMILES string of the molecule is CC(C)CCCC(C)CCN1CC(OS(C)(=O)=O)C1. The monoisotopic (exact) mass is 291 g/mol. The summed E-state index contributed by atoms with van der Waals surface area (Å²) in [5, 5.41) is 0. The number of rotatable bonds is 9. The summed E-state index contributed by atoms with van der Waals surface area (Å²) in [6.07, 6.45) is 6.13. The Morgan fingerprint density at radius 2 is 1.79 bits per heavy atom. The molecule has 1 unspecified atom stereocenters. The van der Waals surface area contributed by atoms with Crippen molar-refractivity contribution in [3.05, 3.63) is 0 Å². The van der Waals surface area contributed by atoms with Gasteiger partial charge in [0.05, 0.1) is 6.26 Å². The van der Waals surface area contributed by atoms with E-state index < -0.39 is 10.1 Å². The second-order valence-corrected chi connectivity index (χ2v) is 8.00. The van der Waals surface area contributed by atoms with E-state index in [1.807, 2.05) is 0 Å². The average Bonchev–Trinajstić information content (AvgIpc) is 2.19. The highest BCUT2D eigenvalue weighted by Gasteiger charge is 2.30. The van der Waals surface area contributed by atoms with Gasteiger partial charge < -0.3 is 0 Å². The molecule has 1 aliphatic rings. The Balaban J connectivity index is 2.03. The maximum absolute atomic E-state index is 10.9. The van der Waals surface area contributed by atoms with Gasteiger partial charge >= 0.3 is 0 Å². The van der Waals surface area contributed by atoms with Crippen LogP contribution in [0.3, 0.4) is 0 Å². The van der Waals surface area contributed by atoms with Gasteiger partial charge in [-0.25, -0.2) is 0 Å². The standard InChI is InChI=1S/C14H29NO3S/c1-12(2)6-5-7-13(3)8-9-15-10-14(11-15)18-19(4,16)17/h12-14H,5-11H2,1-4H3. The van der Waals surface area contributed by atoms with Crippen molar-refractivity contribution in [2.75, 3.05) is 25.9 Å². The van der Waals surface area contributed by atoms with E-state index in [1.54, 1.807) is 0 Å². The van der Waals surface area contributed by atoms with Gasteiger partial charge in [-0.15, -0.1) is 0 Å². The predicted molar refractivity (Wildman–Crippen MR) is 78.6 cm³/mol. The molecule has 5 heteroatoms. The largest absolute Gasteiger partial charge is 0.298 e. The summed E-state index contributed by atoms with van der Waals surface area (Å²) in [4.78, 5) is 2.27. The van der Waals surface area contributed by atoms with Crippen LogP contribution in [0.25, 0.3) is 0 Å². The molecule has 1 rings (SSSR count). The summed E-state index contributed by atoms with van der Waals surface area (Å²) in [7, 11) is -3.29. The molecule has 0 radical (unpaired) electrons. The van der Waals surface area contributed by atoms with Gasteiger partial charge in [0.15, 0.2) is 0 Å². The number of nitrogens with zero attached hydrogens (tertiary/aromatic N) is 1. The highest BCUT2D eigenvalue weighted by Crippen LogP contribution is 2.19. The highest BCUT2D eigenvalue weighted by molar-refractivity contribution is 7.86. The van der Waals surface area contributed by atoms with Crippen molar-refractivity contribution >= 4 is 10.1 Å². The topological polar surface area (TPSA) is 46.6 Å². The van der Waals surface area contributed by atoms with Crippen LogP contribution in [-0.4, -0.2) is 45.3 Å². The molecule has 0 bridgehead atoms. The fourth-order valence-corrected chi connectivity index (χ4v) is 3.05. The van der Waals surface area contributed by atoms with Crippen molar-refractivity contribution in [1.82, 2.24) is 4.90 Å². The van der Waals surface area contributed by atoms with Crippen LogP contribution in [-0.2, 0) is 14.3 Å². The van der Waals surface area contributed by atoms with Crippen LogP contribution in [0.15, 0.2) is 0 Å². The molecular formula is C14H29NO3S. The fourth-order valence-electron chi connectivity index (χ4n) is 2.43. The predicted octanol–water partition coefficient (Wildman–Crippen LogP) is 2.50. The van der Waals surface area contributed by atoms with Crippen molar-refractivity contribution < 1.29 is 12.6 Å². The van der Waals surface area contributed by atoms with Gasteiger partial charge in [0, 0.05) is 13.1 Å². The summed E-state index contributed by atoms with van der Waals surface area (Å²) >= 11 is 0. The molecule has 19 heavy (non-hydrogen) atoms. The lowest BCUT2D eigenvalue weighted by atomic mass is 9.96. The second-order valence-electron chi connectivity index (χ2n) is 6.40. The Kier molecular flexibility index (Phi) is 6.77. The molecule has 0 aromatic heterocycles. The first kappa shape index (κ1) is 16.9. The molecule has 4 nitrogen and oxygen atoms in total. The van der Waals surface area contributed by atoms with Crippen LogP contribution in [0.2, 0.25) is 0 Å². The van der Waals surface area contributed by atoms with Gasteiger partial charge in [-0.3, -0.25) is 9.08 Å². The Bertz CT molecular complexity index is 348. The molecular weight excluding hydrogens is 262 g/mol.